The summed E-state index contributed by atoms with van der Waals surface area (Å²) < 4.78 is 5.54. The first kappa shape index (κ1) is 21.6. The molecule has 3 rings (SSSR count). The van der Waals surface area contributed by atoms with Crippen LogP contribution in [0.3, 0.4) is 0 Å². The fourth-order valence-corrected chi connectivity index (χ4v) is 3.63. The third-order valence-corrected chi connectivity index (χ3v) is 5.79. The second-order valence-corrected chi connectivity index (χ2v) is 8.97. The zero-order valence-corrected chi connectivity index (χ0v) is 18.6. The standard InChI is InChI=1S/C24H36N4O/c1-6-29-16-18-15-20-22(26-18)19-14-17(11-12-21(19)27-23(20)25)10-8-7-9-13-28(5)24(2,3)4/h11-12,14-15,26H,6-10,13,16H2,1-5H3,(H2,25,27). The van der Waals surface area contributed by atoms with E-state index in [-0.39, 0.29) is 5.54 Å². The monoisotopic (exact) mass is 396 g/mol. The maximum atomic E-state index is 6.19. The second-order valence-electron chi connectivity index (χ2n) is 8.97. The van der Waals surface area contributed by atoms with Crippen molar-refractivity contribution in [2.45, 2.75) is 65.5 Å². The Bertz CT molecular complexity index is 955. The van der Waals surface area contributed by atoms with Crippen LogP contribution in [0.2, 0.25) is 0 Å². The van der Waals surface area contributed by atoms with Crippen molar-refractivity contribution in [3.8, 4) is 0 Å². The van der Waals surface area contributed by atoms with Gasteiger partial charge < -0.3 is 20.4 Å². The maximum Gasteiger partial charge on any atom is 0.133 e. The number of unbranched alkanes of at least 4 members (excludes halogenated alkanes) is 2. The number of nitrogens with one attached hydrogen (secondary N) is 1. The molecule has 0 atom stereocenters. The van der Waals surface area contributed by atoms with Crippen molar-refractivity contribution in [1.82, 2.24) is 14.9 Å². The summed E-state index contributed by atoms with van der Waals surface area (Å²) >= 11 is 0. The Morgan fingerprint density at radius 2 is 1.90 bits per heavy atom. The van der Waals surface area contributed by atoms with E-state index in [0.29, 0.717) is 19.0 Å². The number of hydrogen-bond acceptors (Lipinski definition) is 4. The number of ether oxygens (including phenoxy) is 1. The topological polar surface area (TPSA) is 67.2 Å². The van der Waals surface area contributed by atoms with Gasteiger partial charge in [0.05, 0.1) is 17.6 Å². The quantitative estimate of drug-likeness (QED) is 0.483. The molecule has 0 bridgehead atoms. The lowest BCUT2D eigenvalue weighted by molar-refractivity contribution is 0.132. The molecular formula is C24H36N4O. The zero-order chi connectivity index (χ0) is 21.0. The van der Waals surface area contributed by atoms with Gasteiger partial charge in [-0.2, -0.15) is 0 Å². The Morgan fingerprint density at radius 3 is 2.62 bits per heavy atom. The fraction of sp³-hybridized carbons (Fsp3) is 0.542. The molecule has 2 heterocycles. The Hall–Kier alpha value is -2.11. The normalized spacial score (nSPS) is 12.5. The highest BCUT2D eigenvalue weighted by Gasteiger charge is 2.15. The minimum absolute atomic E-state index is 0.246. The van der Waals surface area contributed by atoms with Crippen LogP contribution in [0.4, 0.5) is 5.82 Å². The fourth-order valence-electron chi connectivity index (χ4n) is 3.63. The van der Waals surface area contributed by atoms with Crippen LogP contribution < -0.4 is 5.73 Å². The summed E-state index contributed by atoms with van der Waals surface area (Å²) in [6, 6.07) is 8.61. The van der Waals surface area contributed by atoms with E-state index < -0.39 is 0 Å². The van der Waals surface area contributed by atoms with Gasteiger partial charge in [-0.15, -0.1) is 0 Å². The van der Waals surface area contributed by atoms with E-state index in [0.717, 1.165) is 40.5 Å². The number of benzene rings is 1. The van der Waals surface area contributed by atoms with E-state index in [1.807, 2.05) is 6.92 Å². The van der Waals surface area contributed by atoms with Crippen LogP contribution in [0.1, 0.15) is 58.2 Å². The SMILES string of the molecule is CCOCc1cc2c(N)nc3ccc(CCCCCN(C)C(C)(C)C)cc3c2[nH]1. The summed E-state index contributed by atoms with van der Waals surface area (Å²) in [5.41, 5.74) is 10.8. The molecule has 0 amide bonds. The van der Waals surface area contributed by atoms with Gasteiger partial charge in [0.25, 0.3) is 0 Å². The number of hydrogen-bond donors (Lipinski definition) is 2. The molecule has 0 saturated heterocycles. The summed E-state index contributed by atoms with van der Waals surface area (Å²) in [4.78, 5) is 10.5. The summed E-state index contributed by atoms with van der Waals surface area (Å²) in [6.07, 6.45) is 4.78. The molecule has 0 saturated carbocycles. The van der Waals surface area contributed by atoms with Crippen molar-refractivity contribution < 1.29 is 4.74 Å². The van der Waals surface area contributed by atoms with E-state index >= 15 is 0 Å². The Labute approximate surface area is 174 Å². The second kappa shape index (κ2) is 9.14. The Kier molecular flexibility index (Phi) is 6.81. The summed E-state index contributed by atoms with van der Waals surface area (Å²) in [5, 5.41) is 2.12. The molecule has 0 aliphatic carbocycles. The van der Waals surface area contributed by atoms with E-state index in [9.17, 15) is 0 Å². The summed E-state index contributed by atoms with van der Waals surface area (Å²) in [7, 11) is 2.21. The van der Waals surface area contributed by atoms with Crippen LogP contribution in [0.15, 0.2) is 24.3 Å². The molecule has 3 aromatic rings. The average Bonchev–Trinajstić information content (AvgIpc) is 3.11. The molecule has 29 heavy (non-hydrogen) atoms. The van der Waals surface area contributed by atoms with E-state index in [1.165, 1.54) is 24.8 Å². The Balaban J connectivity index is 1.69. The lowest BCUT2D eigenvalue weighted by atomic mass is 10.0. The number of aromatic amines is 1. The Morgan fingerprint density at radius 1 is 1.10 bits per heavy atom. The average molecular weight is 397 g/mol. The van der Waals surface area contributed by atoms with Gasteiger partial charge in [0, 0.05) is 28.6 Å². The van der Waals surface area contributed by atoms with Gasteiger partial charge in [-0.25, -0.2) is 4.98 Å². The summed E-state index contributed by atoms with van der Waals surface area (Å²) in [6.45, 7) is 11.2. The van der Waals surface area contributed by atoms with E-state index in [4.69, 9.17) is 10.5 Å². The van der Waals surface area contributed by atoms with Gasteiger partial charge in [0.1, 0.15) is 5.82 Å². The first-order valence-electron chi connectivity index (χ1n) is 10.8. The smallest absolute Gasteiger partial charge is 0.133 e. The van der Waals surface area contributed by atoms with Gasteiger partial charge in [0.15, 0.2) is 0 Å². The number of nitrogen functional groups attached to an aromatic ring is 1. The molecule has 3 N–H and O–H groups in total. The number of anilines is 1. The highest BCUT2D eigenvalue weighted by molar-refractivity contribution is 6.08. The molecule has 5 nitrogen and oxygen atoms in total. The van der Waals surface area contributed by atoms with E-state index in [2.05, 4.69) is 67.0 Å². The van der Waals surface area contributed by atoms with Crippen LogP contribution in [0.25, 0.3) is 21.8 Å². The highest BCUT2D eigenvalue weighted by Crippen LogP contribution is 2.29. The summed E-state index contributed by atoms with van der Waals surface area (Å²) in [5.74, 6) is 0.571. The van der Waals surface area contributed by atoms with Gasteiger partial charge in [-0.3, -0.25) is 0 Å². The minimum atomic E-state index is 0.246. The van der Waals surface area contributed by atoms with Crippen LogP contribution in [-0.4, -0.2) is 40.6 Å². The molecule has 0 aliphatic rings. The third-order valence-electron chi connectivity index (χ3n) is 5.79. The zero-order valence-electron chi connectivity index (χ0n) is 18.6. The number of rotatable bonds is 9. The lowest BCUT2D eigenvalue weighted by Crippen LogP contribution is -2.38. The molecule has 158 valence electrons. The van der Waals surface area contributed by atoms with Crippen LogP contribution in [0, 0.1) is 0 Å². The predicted octanol–water partition coefficient (Wildman–Crippen LogP) is 5.28. The van der Waals surface area contributed by atoms with Crippen LogP contribution in [0.5, 0.6) is 0 Å². The van der Waals surface area contributed by atoms with Crippen molar-refractivity contribution in [3.63, 3.8) is 0 Å². The number of nitrogens with two attached hydrogens (primary N) is 1. The molecule has 1 aromatic carbocycles. The molecule has 2 aromatic heterocycles. The highest BCUT2D eigenvalue weighted by atomic mass is 16.5. The van der Waals surface area contributed by atoms with Gasteiger partial charge in [-0.05, 0) is 84.3 Å². The van der Waals surface area contributed by atoms with Crippen LogP contribution in [-0.2, 0) is 17.8 Å². The number of fused-ring (bicyclic) bond motifs is 3. The van der Waals surface area contributed by atoms with Gasteiger partial charge in [0.2, 0.25) is 0 Å². The van der Waals surface area contributed by atoms with Crippen molar-refractivity contribution in [1.29, 1.82) is 0 Å². The number of nitrogens with zero attached hydrogens (tertiary/aromatic N) is 2. The number of aromatic nitrogens is 2. The van der Waals surface area contributed by atoms with Gasteiger partial charge in [-0.1, -0.05) is 12.5 Å². The number of pyridine rings is 1. The van der Waals surface area contributed by atoms with Crippen molar-refractivity contribution >= 4 is 27.6 Å². The molecule has 0 unspecified atom stereocenters. The van der Waals surface area contributed by atoms with Crippen LogP contribution >= 0.6 is 0 Å². The van der Waals surface area contributed by atoms with Crippen molar-refractivity contribution in [2.24, 2.45) is 0 Å². The first-order chi connectivity index (χ1) is 13.8. The van der Waals surface area contributed by atoms with Crippen molar-refractivity contribution in [3.05, 3.63) is 35.5 Å². The third kappa shape index (κ3) is 5.28. The molecule has 0 fully saturated rings. The van der Waals surface area contributed by atoms with Crippen molar-refractivity contribution in [2.75, 3.05) is 25.9 Å². The molecular weight excluding hydrogens is 360 g/mol. The molecule has 0 spiro atoms. The number of H-pyrrole nitrogens is 1. The maximum absolute atomic E-state index is 6.19. The molecule has 0 aliphatic heterocycles. The van der Waals surface area contributed by atoms with Gasteiger partial charge >= 0.3 is 0 Å². The largest absolute Gasteiger partial charge is 0.383 e. The molecule has 0 radical (unpaired) electrons. The predicted molar refractivity (Wildman–Crippen MR) is 123 cm³/mol. The number of aryl methyl sites for hydroxylation is 1. The van der Waals surface area contributed by atoms with E-state index in [1.54, 1.807) is 0 Å². The first-order valence-corrected chi connectivity index (χ1v) is 10.8. The molecule has 5 heteroatoms. The lowest BCUT2D eigenvalue weighted by Gasteiger charge is -2.31. The minimum Gasteiger partial charge on any atom is -0.383 e.